The van der Waals surface area contributed by atoms with Gasteiger partial charge in [-0.15, -0.1) is 0 Å². The van der Waals surface area contributed by atoms with Gasteiger partial charge in [-0.2, -0.15) is 4.98 Å². The number of aliphatic hydroxyl groups excluding tert-OH is 1. The highest BCUT2D eigenvalue weighted by molar-refractivity contribution is 6.39. The number of benzene rings is 2. The molecule has 1 fully saturated rings. The third kappa shape index (κ3) is 6.32. The molecule has 39 heavy (non-hydrogen) atoms. The van der Waals surface area contributed by atoms with Gasteiger partial charge in [-0.25, -0.2) is 18.7 Å². The van der Waals surface area contributed by atoms with Crippen LogP contribution in [0.1, 0.15) is 30.9 Å². The van der Waals surface area contributed by atoms with Gasteiger partial charge in [0.05, 0.1) is 21.8 Å². The van der Waals surface area contributed by atoms with Gasteiger partial charge >= 0.3 is 0 Å². The zero-order valence-corrected chi connectivity index (χ0v) is 23.0. The quantitative estimate of drug-likeness (QED) is 0.232. The van der Waals surface area contributed by atoms with Gasteiger partial charge in [0.15, 0.2) is 17.3 Å². The molecule has 0 saturated carbocycles. The summed E-state index contributed by atoms with van der Waals surface area (Å²) in [5.74, 6) is -0.394. The Hall–Kier alpha value is -2.85. The Morgan fingerprint density at radius 1 is 1.13 bits per heavy atom. The lowest BCUT2D eigenvalue weighted by Gasteiger charge is -2.24. The fourth-order valence-electron chi connectivity index (χ4n) is 4.96. The number of imidazole rings is 1. The van der Waals surface area contributed by atoms with Crippen LogP contribution in [-0.2, 0) is 19.5 Å². The normalized spacial score (nSPS) is 16.5. The van der Waals surface area contributed by atoms with Gasteiger partial charge in [0.2, 0.25) is 5.95 Å². The lowest BCUT2D eigenvalue weighted by Crippen LogP contribution is -2.32. The van der Waals surface area contributed by atoms with Crippen LogP contribution < -0.4 is 10.6 Å². The topological polar surface area (TPSA) is 87.9 Å². The molecule has 1 saturated heterocycles. The number of piperidine rings is 1. The summed E-state index contributed by atoms with van der Waals surface area (Å²) in [6.07, 6.45) is 4.44. The number of aliphatic hydroxyl groups is 1. The zero-order valence-electron chi connectivity index (χ0n) is 21.5. The van der Waals surface area contributed by atoms with Crippen molar-refractivity contribution >= 4 is 40.3 Å². The highest BCUT2D eigenvalue weighted by atomic mass is 35.5. The van der Waals surface area contributed by atoms with E-state index < -0.39 is 11.6 Å². The fourth-order valence-corrected chi connectivity index (χ4v) is 5.66. The maximum Gasteiger partial charge on any atom is 0.225 e. The average molecular weight is 575 g/mol. The van der Waals surface area contributed by atoms with Crippen molar-refractivity contribution in [3.05, 3.63) is 69.3 Å². The van der Waals surface area contributed by atoms with Gasteiger partial charge < -0.3 is 20.3 Å². The summed E-state index contributed by atoms with van der Waals surface area (Å²) in [4.78, 5) is 14.0. The van der Waals surface area contributed by atoms with Crippen LogP contribution in [-0.4, -0.2) is 44.3 Å². The van der Waals surface area contributed by atoms with Crippen molar-refractivity contribution in [1.82, 2.24) is 24.8 Å². The molecule has 0 aliphatic carbocycles. The van der Waals surface area contributed by atoms with E-state index in [1.165, 1.54) is 6.07 Å². The second-order valence-electron chi connectivity index (χ2n) is 10.2. The second kappa shape index (κ2) is 12.1. The maximum absolute atomic E-state index is 13.6. The van der Waals surface area contributed by atoms with Crippen LogP contribution in [0.2, 0.25) is 10.0 Å². The Kier molecular flexibility index (Phi) is 8.61. The Bertz CT molecular complexity index is 1450. The number of anilines is 1. The SMILES string of the molecule is CC(CO)Cc1cc(Cl)c(-c2nc3cnc(NCc4ccc(F)c(F)c4)nc3n2C[C@@H]2CCCNC2)c(Cl)c1. The van der Waals surface area contributed by atoms with Crippen LogP contribution in [0, 0.1) is 23.5 Å². The number of aromatic nitrogens is 4. The predicted octanol–water partition coefficient (Wildman–Crippen LogP) is 5.86. The molecule has 5 rings (SSSR count). The van der Waals surface area contributed by atoms with Gasteiger partial charge in [0.1, 0.15) is 11.3 Å². The van der Waals surface area contributed by atoms with Crippen LogP contribution in [0.15, 0.2) is 36.5 Å². The molecule has 3 N–H and O–H groups in total. The van der Waals surface area contributed by atoms with Gasteiger partial charge in [0.25, 0.3) is 0 Å². The van der Waals surface area contributed by atoms with Crippen molar-refractivity contribution < 1.29 is 13.9 Å². The molecule has 0 amide bonds. The number of rotatable bonds is 9. The summed E-state index contributed by atoms with van der Waals surface area (Å²) in [6, 6.07) is 7.51. The second-order valence-corrected chi connectivity index (χ2v) is 11.0. The van der Waals surface area contributed by atoms with Gasteiger partial charge in [-0.3, -0.25) is 0 Å². The summed E-state index contributed by atoms with van der Waals surface area (Å²) >= 11 is 13.6. The van der Waals surface area contributed by atoms with Gasteiger partial charge in [0, 0.05) is 19.7 Å². The number of halogens is 4. The Labute approximate surface area is 235 Å². The molecule has 1 aliphatic rings. The molecule has 1 aliphatic heterocycles. The number of hydrogen-bond acceptors (Lipinski definition) is 6. The van der Waals surface area contributed by atoms with Crippen LogP contribution in [0.5, 0.6) is 0 Å². The van der Waals surface area contributed by atoms with E-state index in [2.05, 4.69) is 15.6 Å². The molecule has 2 aromatic carbocycles. The summed E-state index contributed by atoms with van der Waals surface area (Å²) < 4.78 is 29.0. The largest absolute Gasteiger partial charge is 0.396 e. The van der Waals surface area contributed by atoms with E-state index >= 15 is 0 Å². The molecule has 0 spiro atoms. The molecule has 4 aromatic rings. The standard InChI is InChI=1S/C28H30Cl2F2N6O/c1-16(15-39)7-19-8-20(29)25(21(30)9-19)27-36-24-13-35-28(34-12-17-4-5-22(31)23(32)10-17)37-26(24)38(27)14-18-3-2-6-33-11-18/h4-5,8-10,13,16,18,33,39H,2-3,6-7,11-12,14-15H2,1H3,(H,34,35,37)/t16?,18-/m1/s1. The molecular weight excluding hydrogens is 545 g/mol. The minimum Gasteiger partial charge on any atom is -0.396 e. The molecule has 0 radical (unpaired) electrons. The number of nitrogens with zero attached hydrogens (tertiary/aromatic N) is 4. The number of hydrogen-bond donors (Lipinski definition) is 3. The summed E-state index contributed by atoms with van der Waals surface area (Å²) in [5, 5.41) is 17.0. The monoisotopic (exact) mass is 574 g/mol. The van der Waals surface area contributed by atoms with Crippen LogP contribution in [0.4, 0.5) is 14.7 Å². The Morgan fingerprint density at radius 3 is 2.62 bits per heavy atom. The van der Waals surface area contributed by atoms with Crippen LogP contribution >= 0.6 is 23.2 Å². The van der Waals surface area contributed by atoms with Crippen LogP contribution in [0.25, 0.3) is 22.6 Å². The molecule has 206 valence electrons. The summed E-state index contributed by atoms with van der Waals surface area (Å²) in [6.45, 7) is 4.80. The highest BCUT2D eigenvalue weighted by Crippen LogP contribution is 2.38. The first kappa shape index (κ1) is 27.7. The molecule has 11 heteroatoms. The van der Waals surface area contributed by atoms with E-state index in [1.54, 1.807) is 6.20 Å². The summed E-state index contributed by atoms with van der Waals surface area (Å²) in [7, 11) is 0. The third-order valence-corrected chi connectivity index (χ3v) is 7.58. The highest BCUT2D eigenvalue weighted by Gasteiger charge is 2.24. The minimum absolute atomic E-state index is 0.0767. The van der Waals surface area contributed by atoms with Gasteiger partial charge in [-0.1, -0.05) is 36.2 Å². The number of nitrogens with one attached hydrogen (secondary N) is 2. The summed E-state index contributed by atoms with van der Waals surface area (Å²) in [5.41, 5.74) is 3.35. The molecule has 7 nitrogen and oxygen atoms in total. The average Bonchev–Trinajstić information content (AvgIpc) is 3.26. The van der Waals surface area contributed by atoms with E-state index in [-0.39, 0.29) is 19.1 Å². The van der Waals surface area contributed by atoms with Crippen molar-refractivity contribution in [2.75, 3.05) is 25.0 Å². The first-order valence-electron chi connectivity index (χ1n) is 13.0. The van der Waals surface area contributed by atoms with E-state index in [9.17, 15) is 13.9 Å². The molecule has 0 bridgehead atoms. The Balaban J connectivity index is 1.52. The Morgan fingerprint density at radius 2 is 1.92 bits per heavy atom. The molecular formula is C28H30Cl2F2N6O. The lowest BCUT2D eigenvalue weighted by atomic mass is 9.99. The molecule has 2 atom stereocenters. The predicted molar refractivity (Wildman–Crippen MR) is 150 cm³/mol. The smallest absolute Gasteiger partial charge is 0.225 e. The van der Waals surface area contributed by atoms with Crippen molar-refractivity contribution in [3.8, 4) is 11.4 Å². The van der Waals surface area contributed by atoms with E-state index in [4.69, 9.17) is 33.2 Å². The number of fused-ring (bicyclic) bond motifs is 1. The first-order chi connectivity index (χ1) is 18.8. The van der Waals surface area contributed by atoms with E-state index in [1.807, 2.05) is 23.6 Å². The minimum atomic E-state index is -0.903. The van der Waals surface area contributed by atoms with Crippen molar-refractivity contribution in [3.63, 3.8) is 0 Å². The molecule has 1 unspecified atom stereocenters. The zero-order chi connectivity index (χ0) is 27.5. The third-order valence-electron chi connectivity index (χ3n) is 6.98. The first-order valence-corrected chi connectivity index (χ1v) is 13.8. The molecule has 2 aromatic heterocycles. The van der Waals surface area contributed by atoms with E-state index in [0.29, 0.717) is 63.0 Å². The maximum atomic E-state index is 13.6. The fraction of sp³-hybridized carbons (Fsp3) is 0.393. The van der Waals surface area contributed by atoms with Crippen molar-refractivity contribution in [2.24, 2.45) is 11.8 Å². The lowest BCUT2D eigenvalue weighted by molar-refractivity contribution is 0.237. The van der Waals surface area contributed by atoms with Crippen molar-refractivity contribution in [1.29, 1.82) is 0 Å². The molecule has 3 heterocycles. The van der Waals surface area contributed by atoms with Gasteiger partial charge in [-0.05, 0) is 79.6 Å². The van der Waals surface area contributed by atoms with E-state index in [0.717, 1.165) is 43.6 Å². The van der Waals surface area contributed by atoms with Crippen molar-refractivity contribution in [2.45, 2.75) is 39.3 Å². The van der Waals surface area contributed by atoms with Crippen LogP contribution in [0.3, 0.4) is 0 Å².